The van der Waals surface area contributed by atoms with Gasteiger partial charge >= 0.3 is 0 Å². The van der Waals surface area contributed by atoms with Crippen LogP contribution in [0.2, 0.25) is 0 Å². The molecule has 0 unspecified atom stereocenters. The van der Waals surface area contributed by atoms with E-state index in [4.69, 9.17) is 0 Å². The number of carbonyl (C=O) groups excluding carboxylic acids is 3. The summed E-state index contributed by atoms with van der Waals surface area (Å²) in [5.41, 5.74) is 0.327. The highest BCUT2D eigenvalue weighted by atomic mass is 19.1. The number of hydrogen-bond donors (Lipinski definition) is 4. The number of rotatable bonds is 6. The zero-order valence-electron chi connectivity index (χ0n) is 13.6. The van der Waals surface area contributed by atoms with Gasteiger partial charge in [-0.15, -0.1) is 0 Å². The summed E-state index contributed by atoms with van der Waals surface area (Å²) in [6, 6.07) is 9.31. The summed E-state index contributed by atoms with van der Waals surface area (Å²) >= 11 is 0. The fourth-order valence-electron chi connectivity index (χ4n) is 2.00. The van der Waals surface area contributed by atoms with Gasteiger partial charge in [-0.05, 0) is 42.5 Å². The van der Waals surface area contributed by atoms with Crippen molar-refractivity contribution in [1.82, 2.24) is 5.32 Å². The summed E-state index contributed by atoms with van der Waals surface area (Å²) in [6.45, 7) is 2.94. The zero-order chi connectivity index (χ0) is 19.1. The Hall–Kier alpha value is -3.68. The van der Waals surface area contributed by atoms with Crippen LogP contribution in [0.5, 0.6) is 5.75 Å². The molecule has 4 N–H and O–H groups in total. The second-order valence-corrected chi connectivity index (χ2v) is 5.17. The second kappa shape index (κ2) is 8.43. The number of amides is 3. The van der Waals surface area contributed by atoms with Crippen LogP contribution in [0, 0.1) is 5.82 Å². The predicted octanol–water partition coefficient (Wildman–Crippen LogP) is 2.02. The minimum atomic E-state index is -0.671. The molecule has 0 aliphatic heterocycles. The standard InChI is InChI=1S/C18H16FN3O4/c1-2-16(24)22-15-9-12(6-7-14(15)19)21-17(25)10-20-18(26)11-4-3-5-13(23)8-11/h2-9,23H,1,10H2,(H,20,26)(H,21,25)(H,22,24). The number of phenolic OH excluding ortho intramolecular Hbond substituents is 1. The summed E-state index contributed by atoms with van der Waals surface area (Å²) < 4.78 is 13.6. The first-order valence-electron chi connectivity index (χ1n) is 7.49. The highest BCUT2D eigenvalue weighted by Gasteiger charge is 2.11. The van der Waals surface area contributed by atoms with Crippen molar-refractivity contribution in [3.8, 4) is 5.75 Å². The molecule has 0 saturated heterocycles. The Morgan fingerprint density at radius 1 is 1.12 bits per heavy atom. The monoisotopic (exact) mass is 357 g/mol. The second-order valence-electron chi connectivity index (χ2n) is 5.17. The number of nitrogens with one attached hydrogen (secondary N) is 3. The van der Waals surface area contributed by atoms with Gasteiger partial charge in [-0.3, -0.25) is 14.4 Å². The number of aromatic hydroxyl groups is 1. The van der Waals surface area contributed by atoms with Gasteiger partial charge < -0.3 is 21.1 Å². The third kappa shape index (κ3) is 5.17. The largest absolute Gasteiger partial charge is 0.508 e. The lowest BCUT2D eigenvalue weighted by atomic mass is 10.2. The van der Waals surface area contributed by atoms with Gasteiger partial charge in [0.15, 0.2) is 0 Å². The molecule has 0 aliphatic rings. The Balaban J connectivity index is 1.95. The van der Waals surface area contributed by atoms with Gasteiger partial charge in [0, 0.05) is 11.3 Å². The fraction of sp³-hybridized carbons (Fsp3) is 0.0556. The molecule has 0 fully saturated rings. The third-order valence-corrected chi connectivity index (χ3v) is 3.21. The Kier molecular flexibility index (Phi) is 6.05. The van der Waals surface area contributed by atoms with Crippen LogP contribution in [0.25, 0.3) is 0 Å². The van der Waals surface area contributed by atoms with E-state index in [1.54, 1.807) is 0 Å². The fourth-order valence-corrected chi connectivity index (χ4v) is 2.00. The Labute approximate surface area is 148 Å². The van der Waals surface area contributed by atoms with Gasteiger partial charge in [0.2, 0.25) is 11.8 Å². The van der Waals surface area contributed by atoms with Crippen molar-refractivity contribution in [2.45, 2.75) is 0 Å². The molecular formula is C18H16FN3O4. The number of carbonyl (C=O) groups is 3. The van der Waals surface area contributed by atoms with Crippen LogP contribution in [0.1, 0.15) is 10.4 Å². The number of halogens is 1. The van der Waals surface area contributed by atoms with Gasteiger partial charge in [0.25, 0.3) is 5.91 Å². The summed E-state index contributed by atoms with van der Waals surface area (Å²) in [5, 5.41) is 16.5. The normalized spacial score (nSPS) is 9.88. The van der Waals surface area contributed by atoms with Crippen LogP contribution in [-0.2, 0) is 9.59 Å². The van der Waals surface area contributed by atoms with E-state index in [2.05, 4.69) is 22.5 Å². The molecule has 0 heterocycles. The quantitative estimate of drug-likeness (QED) is 0.593. The van der Waals surface area contributed by atoms with Crippen LogP contribution in [0.3, 0.4) is 0 Å². The molecule has 8 heteroatoms. The predicted molar refractivity (Wildman–Crippen MR) is 94.3 cm³/mol. The molecule has 7 nitrogen and oxygen atoms in total. The minimum absolute atomic E-state index is 0.0671. The van der Waals surface area contributed by atoms with Gasteiger partial charge in [-0.25, -0.2) is 4.39 Å². The van der Waals surface area contributed by atoms with E-state index in [-0.39, 0.29) is 29.2 Å². The van der Waals surface area contributed by atoms with Crippen molar-refractivity contribution in [1.29, 1.82) is 0 Å². The van der Waals surface area contributed by atoms with Crippen molar-refractivity contribution in [2.75, 3.05) is 17.2 Å². The molecule has 0 spiro atoms. The average molecular weight is 357 g/mol. The first-order valence-corrected chi connectivity index (χ1v) is 7.49. The SMILES string of the molecule is C=CC(=O)Nc1cc(NC(=O)CNC(=O)c2cccc(O)c2)ccc1F. The molecule has 0 aromatic heterocycles. The lowest BCUT2D eigenvalue weighted by molar-refractivity contribution is -0.115. The van der Waals surface area contributed by atoms with E-state index in [0.29, 0.717) is 0 Å². The number of hydrogen-bond acceptors (Lipinski definition) is 4. The Morgan fingerprint density at radius 2 is 1.88 bits per heavy atom. The molecule has 2 aromatic carbocycles. The topological polar surface area (TPSA) is 108 Å². The molecule has 26 heavy (non-hydrogen) atoms. The maximum Gasteiger partial charge on any atom is 0.251 e. The highest BCUT2D eigenvalue weighted by Crippen LogP contribution is 2.19. The molecule has 0 aliphatic carbocycles. The number of anilines is 2. The van der Waals surface area contributed by atoms with Gasteiger partial charge in [0.1, 0.15) is 11.6 Å². The Bertz CT molecular complexity index is 867. The summed E-state index contributed by atoms with van der Waals surface area (Å²) in [4.78, 5) is 35.1. The lowest BCUT2D eigenvalue weighted by Crippen LogP contribution is -2.32. The molecule has 134 valence electrons. The van der Waals surface area contributed by atoms with Gasteiger partial charge in [-0.2, -0.15) is 0 Å². The van der Waals surface area contributed by atoms with Crippen molar-refractivity contribution in [3.63, 3.8) is 0 Å². The third-order valence-electron chi connectivity index (χ3n) is 3.21. The van der Waals surface area contributed by atoms with Gasteiger partial charge in [0.05, 0.1) is 12.2 Å². The molecular weight excluding hydrogens is 341 g/mol. The summed E-state index contributed by atoms with van der Waals surface area (Å²) in [6.07, 6.45) is 0.988. The van der Waals surface area contributed by atoms with E-state index in [1.165, 1.54) is 36.4 Å². The van der Waals surface area contributed by atoms with E-state index >= 15 is 0 Å². The van der Waals surface area contributed by atoms with Crippen LogP contribution in [0.4, 0.5) is 15.8 Å². The zero-order valence-corrected chi connectivity index (χ0v) is 13.6. The first kappa shape index (κ1) is 18.7. The first-order chi connectivity index (χ1) is 12.4. The van der Waals surface area contributed by atoms with Crippen molar-refractivity contribution < 1.29 is 23.9 Å². The molecule has 0 atom stereocenters. The minimum Gasteiger partial charge on any atom is -0.508 e. The lowest BCUT2D eigenvalue weighted by Gasteiger charge is -2.10. The van der Waals surface area contributed by atoms with Crippen LogP contribution in [-0.4, -0.2) is 29.4 Å². The molecule has 0 bridgehead atoms. The van der Waals surface area contributed by atoms with Crippen LogP contribution >= 0.6 is 0 Å². The van der Waals surface area contributed by atoms with Crippen molar-refractivity contribution in [3.05, 3.63) is 66.5 Å². The maximum atomic E-state index is 13.6. The Morgan fingerprint density at radius 3 is 2.58 bits per heavy atom. The highest BCUT2D eigenvalue weighted by molar-refractivity contribution is 6.01. The van der Waals surface area contributed by atoms with Crippen LogP contribution in [0.15, 0.2) is 55.1 Å². The average Bonchev–Trinajstić information content (AvgIpc) is 2.62. The van der Waals surface area contributed by atoms with Crippen LogP contribution < -0.4 is 16.0 Å². The van der Waals surface area contributed by atoms with E-state index in [9.17, 15) is 23.9 Å². The molecule has 3 amide bonds. The number of benzene rings is 2. The molecule has 2 aromatic rings. The molecule has 2 rings (SSSR count). The number of phenols is 1. The smallest absolute Gasteiger partial charge is 0.251 e. The van der Waals surface area contributed by atoms with E-state index in [1.807, 2.05) is 0 Å². The van der Waals surface area contributed by atoms with E-state index in [0.717, 1.165) is 12.1 Å². The summed E-state index contributed by atoms with van der Waals surface area (Å²) in [5.74, 6) is -2.41. The van der Waals surface area contributed by atoms with Crippen molar-refractivity contribution in [2.24, 2.45) is 0 Å². The summed E-state index contributed by atoms with van der Waals surface area (Å²) in [7, 11) is 0. The maximum absolute atomic E-state index is 13.6. The molecule has 0 saturated carbocycles. The van der Waals surface area contributed by atoms with Gasteiger partial charge in [-0.1, -0.05) is 12.6 Å². The van der Waals surface area contributed by atoms with E-state index < -0.39 is 23.5 Å². The van der Waals surface area contributed by atoms with Crippen molar-refractivity contribution >= 4 is 29.1 Å². The molecule has 0 radical (unpaired) electrons.